The highest BCUT2D eigenvalue weighted by Gasteiger charge is 2.59. The Morgan fingerprint density at radius 3 is 2.54 bits per heavy atom. The average Bonchev–Trinajstić information content (AvgIpc) is 3.22. The molecule has 0 unspecified atom stereocenters. The number of unbranched alkanes of at least 4 members (excludes halogenated alkanes) is 2. The maximum Gasteiger partial charge on any atom is 0.306 e. The van der Waals surface area contributed by atoms with E-state index in [1.165, 1.54) is 51.4 Å². The van der Waals surface area contributed by atoms with Crippen molar-refractivity contribution in [3.63, 3.8) is 0 Å². The first-order chi connectivity index (χ1) is 17.6. The van der Waals surface area contributed by atoms with Gasteiger partial charge in [-0.3, -0.25) is 4.79 Å². The number of carbonyl (C=O) groups excluding carboxylic acids is 1. The minimum Gasteiger partial charge on any atom is -0.462 e. The van der Waals surface area contributed by atoms with Crippen molar-refractivity contribution in [3.05, 3.63) is 23.3 Å². The second-order valence-corrected chi connectivity index (χ2v) is 14.3. The minimum atomic E-state index is 0.0332. The normalized spacial score (nSPS) is 38.4. The van der Waals surface area contributed by atoms with Crippen molar-refractivity contribution >= 4 is 5.97 Å². The maximum atomic E-state index is 12.4. The first kappa shape index (κ1) is 28.9. The van der Waals surface area contributed by atoms with Gasteiger partial charge in [0.25, 0.3) is 0 Å². The van der Waals surface area contributed by atoms with Crippen LogP contribution in [-0.4, -0.2) is 12.1 Å². The molecule has 0 spiro atoms. The fourth-order valence-electron chi connectivity index (χ4n) is 9.83. The van der Waals surface area contributed by atoms with Gasteiger partial charge < -0.3 is 4.74 Å². The van der Waals surface area contributed by atoms with Gasteiger partial charge in [-0.05, 0) is 117 Å². The van der Waals surface area contributed by atoms with Crippen LogP contribution in [0.1, 0.15) is 138 Å². The average molecular weight is 511 g/mol. The molecule has 2 heteroatoms. The largest absolute Gasteiger partial charge is 0.462 e. The summed E-state index contributed by atoms with van der Waals surface area (Å²) in [7, 11) is 0. The molecular weight excluding hydrogens is 452 g/mol. The number of ether oxygens (including phenoxy) is 1. The molecule has 0 aromatic carbocycles. The summed E-state index contributed by atoms with van der Waals surface area (Å²) >= 11 is 0. The van der Waals surface area contributed by atoms with E-state index in [4.69, 9.17) is 4.74 Å². The summed E-state index contributed by atoms with van der Waals surface area (Å²) < 4.78 is 5.97. The molecule has 3 saturated carbocycles. The van der Waals surface area contributed by atoms with Crippen LogP contribution in [0.4, 0.5) is 0 Å². The summed E-state index contributed by atoms with van der Waals surface area (Å²) in [5.74, 6) is 5.02. The van der Waals surface area contributed by atoms with Crippen molar-refractivity contribution in [2.24, 2.45) is 46.3 Å². The molecule has 0 aromatic rings. The molecule has 4 aliphatic rings. The molecule has 4 rings (SSSR count). The summed E-state index contributed by atoms with van der Waals surface area (Å²) in [5, 5.41) is 0. The van der Waals surface area contributed by atoms with E-state index in [9.17, 15) is 4.79 Å². The number of allylic oxidation sites excluding steroid dienone is 3. The second-order valence-electron chi connectivity index (χ2n) is 14.3. The van der Waals surface area contributed by atoms with Crippen molar-refractivity contribution in [2.75, 3.05) is 0 Å². The predicted molar refractivity (Wildman–Crippen MR) is 156 cm³/mol. The third-order valence-electron chi connectivity index (χ3n) is 12.1. The van der Waals surface area contributed by atoms with Crippen LogP contribution in [0.3, 0.4) is 0 Å². The Bertz CT molecular complexity index is 851. The molecule has 0 aliphatic heterocycles. The number of carbonyl (C=O) groups is 1. The minimum absolute atomic E-state index is 0.0332. The fraction of sp³-hybridized carbons (Fsp3) is 0.857. The van der Waals surface area contributed by atoms with Crippen LogP contribution in [0.5, 0.6) is 0 Å². The molecule has 0 N–H and O–H groups in total. The topological polar surface area (TPSA) is 26.3 Å². The van der Waals surface area contributed by atoms with Gasteiger partial charge in [-0.25, -0.2) is 0 Å². The smallest absolute Gasteiger partial charge is 0.306 e. The first-order valence-electron chi connectivity index (χ1n) is 16.2. The van der Waals surface area contributed by atoms with Crippen molar-refractivity contribution in [2.45, 2.75) is 144 Å². The molecule has 4 aliphatic carbocycles. The van der Waals surface area contributed by atoms with E-state index in [1.54, 1.807) is 11.1 Å². The Hall–Kier alpha value is -1.05. The van der Waals surface area contributed by atoms with Crippen LogP contribution in [0, 0.1) is 46.3 Å². The van der Waals surface area contributed by atoms with Crippen molar-refractivity contribution in [1.29, 1.82) is 0 Å². The monoisotopic (exact) mass is 510 g/mol. The van der Waals surface area contributed by atoms with Gasteiger partial charge >= 0.3 is 5.97 Å². The molecule has 2 nitrogen and oxygen atoms in total. The van der Waals surface area contributed by atoms with Gasteiger partial charge in [-0.2, -0.15) is 0 Å². The van der Waals surface area contributed by atoms with Crippen molar-refractivity contribution in [1.82, 2.24) is 0 Å². The molecule has 0 radical (unpaired) electrons. The van der Waals surface area contributed by atoms with Crippen LogP contribution in [0.2, 0.25) is 0 Å². The number of hydrogen-bond donors (Lipinski definition) is 0. The zero-order valence-electron chi connectivity index (χ0n) is 25.4. The lowest BCUT2D eigenvalue weighted by atomic mass is 9.47. The Morgan fingerprint density at radius 2 is 1.84 bits per heavy atom. The van der Waals surface area contributed by atoms with Crippen molar-refractivity contribution < 1.29 is 9.53 Å². The van der Waals surface area contributed by atoms with E-state index in [0.29, 0.717) is 23.2 Å². The number of esters is 1. The number of hydrogen-bond acceptors (Lipinski definition) is 2. The van der Waals surface area contributed by atoms with Gasteiger partial charge in [0.15, 0.2) is 0 Å². The Labute approximate surface area is 229 Å². The highest BCUT2D eigenvalue weighted by molar-refractivity contribution is 5.69. The summed E-state index contributed by atoms with van der Waals surface area (Å²) in [5.41, 5.74) is 4.14. The zero-order valence-corrected chi connectivity index (χ0v) is 25.4. The molecule has 37 heavy (non-hydrogen) atoms. The van der Waals surface area contributed by atoms with Gasteiger partial charge in [-0.1, -0.05) is 77.7 Å². The van der Waals surface area contributed by atoms with Gasteiger partial charge in [0.05, 0.1) is 0 Å². The molecule has 0 heterocycles. The second kappa shape index (κ2) is 12.0. The Kier molecular flexibility index (Phi) is 9.38. The van der Waals surface area contributed by atoms with Crippen molar-refractivity contribution in [3.8, 4) is 0 Å². The summed E-state index contributed by atoms with van der Waals surface area (Å²) in [4.78, 5) is 12.4. The van der Waals surface area contributed by atoms with E-state index >= 15 is 0 Å². The lowest BCUT2D eigenvalue weighted by Gasteiger charge is -2.58. The van der Waals surface area contributed by atoms with Gasteiger partial charge in [0.1, 0.15) is 6.10 Å². The quantitative estimate of drug-likeness (QED) is 0.166. The predicted octanol–water partition coefficient (Wildman–Crippen LogP) is 10.1. The molecule has 8 atom stereocenters. The van der Waals surface area contributed by atoms with E-state index in [2.05, 4.69) is 60.6 Å². The SMILES string of the molecule is C/C=C(\CC[C@@H](C)[C@H]1CC[C@H]2[C@@H]3CC=C4C[C@@H](OC(=O)CCCCC)CC[C@]4(C)[C@H]3CC[C@]12C)C(C)C. The van der Waals surface area contributed by atoms with Gasteiger partial charge in [-0.15, -0.1) is 0 Å². The summed E-state index contributed by atoms with van der Waals surface area (Å²) in [6.45, 7) is 17.0. The third kappa shape index (κ3) is 5.79. The molecule has 0 aromatic heterocycles. The van der Waals surface area contributed by atoms with E-state index < -0.39 is 0 Å². The molecular formula is C35H58O2. The lowest BCUT2D eigenvalue weighted by Crippen LogP contribution is -2.51. The van der Waals surface area contributed by atoms with Gasteiger partial charge in [0.2, 0.25) is 0 Å². The highest BCUT2D eigenvalue weighted by Crippen LogP contribution is 2.67. The number of fused-ring (bicyclic) bond motifs is 5. The first-order valence-corrected chi connectivity index (χ1v) is 16.2. The fourth-order valence-corrected chi connectivity index (χ4v) is 9.83. The van der Waals surface area contributed by atoms with E-state index in [1.807, 2.05) is 0 Å². The molecule has 210 valence electrons. The molecule has 0 bridgehead atoms. The number of rotatable bonds is 10. The maximum absolute atomic E-state index is 12.4. The van der Waals surface area contributed by atoms with Crippen LogP contribution >= 0.6 is 0 Å². The van der Waals surface area contributed by atoms with Crippen LogP contribution in [0.25, 0.3) is 0 Å². The lowest BCUT2D eigenvalue weighted by molar-refractivity contribution is -0.151. The summed E-state index contributed by atoms with van der Waals surface area (Å²) in [6.07, 6.45) is 21.8. The summed E-state index contributed by atoms with van der Waals surface area (Å²) in [6, 6.07) is 0. The van der Waals surface area contributed by atoms with E-state index in [-0.39, 0.29) is 12.1 Å². The molecule has 3 fully saturated rings. The standard InChI is InChI=1S/C35H58O2/c1-8-10-11-12-33(36)37-28-19-21-34(6)27(23-28)15-16-29-31-18-17-30(35(31,7)22-20-32(29)34)25(5)13-14-26(9-2)24(3)4/h9,15,24-25,28-32H,8,10-14,16-23H2,1-7H3/b26-9+/t25-,28+,29+,30-,31+,32+,34+,35-/m1/s1. The van der Waals surface area contributed by atoms with Crippen LogP contribution < -0.4 is 0 Å². The van der Waals surface area contributed by atoms with Crippen LogP contribution in [-0.2, 0) is 9.53 Å². The highest BCUT2D eigenvalue weighted by atomic mass is 16.5. The van der Waals surface area contributed by atoms with E-state index in [0.717, 1.165) is 61.7 Å². The third-order valence-corrected chi connectivity index (χ3v) is 12.1. The Morgan fingerprint density at radius 1 is 1.05 bits per heavy atom. The Balaban J connectivity index is 1.40. The van der Waals surface area contributed by atoms with Gasteiger partial charge in [0, 0.05) is 12.8 Å². The van der Waals surface area contributed by atoms with Crippen LogP contribution in [0.15, 0.2) is 23.3 Å². The zero-order chi connectivity index (χ0) is 26.8. The molecule has 0 amide bonds. The molecule has 0 saturated heterocycles.